The number of aryl methyl sites for hydroxylation is 1. The van der Waals surface area contributed by atoms with Crippen LogP contribution < -0.4 is 10.9 Å². The van der Waals surface area contributed by atoms with Crippen LogP contribution in [0.25, 0.3) is 10.8 Å². The Morgan fingerprint density at radius 2 is 1.97 bits per heavy atom. The summed E-state index contributed by atoms with van der Waals surface area (Å²) in [5.74, 6) is -0.536. The Morgan fingerprint density at radius 1 is 1.24 bits per heavy atom. The molecule has 1 fully saturated rings. The Bertz CT molecular complexity index is 1220. The highest BCUT2D eigenvalue weighted by molar-refractivity contribution is 5.92. The Kier molecular flexibility index (Phi) is 6.38. The topological polar surface area (TPSA) is 69.0 Å². The molecule has 1 aliphatic heterocycles. The Hall–Kier alpha value is -3.01. The number of aromatic nitrogens is 3. The van der Waals surface area contributed by atoms with E-state index in [1.54, 1.807) is 26.1 Å². The lowest BCUT2D eigenvalue weighted by Gasteiger charge is -2.23. The number of halogens is 4. The molecule has 1 aliphatic rings. The van der Waals surface area contributed by atoms with E-state index in [2.05, 4.69) is 15.5 Å². The number of nitrogens with one attached hydrogen (secondary N) is 1. The lowest BCUT2D eigenvalue weighted by atomic mass is 10.00. The van der Waals surface area contributed by atoms with Crippen LogP contribution in [0.5, 0.6) is 0 Å². The van der Waals surface area contributed by atoms with Gasteiger partial charge < -0.3 is 14.6 Å². The monoisotopic (exact) mass is 464 g/mol. The Balaban J connectivity index is 1.72. The molecule has 1 atom stereocenters. The standard InChI is InChI=1S/C23H24F4N4O2/c1-13(16-4-3-5-17(10-16)23(25,26)27)28-21-18-12-31(11-15-6-8-33-9-7-15)22(32)20(24)19(18)14(2)29-30-21/h3-5,10,12-13,15H,6-9,11H2,1-2H3,(H,28,30)/t13-/m1/s1. The van der Waals surface area contributed by atoms with Crippen LogP contribution in [-0.4, -0.2) is 28.0 Å². The molecule has 0 amide bonds. The predicted molar refractivity (Wildman–Crippen MR) is 116 cm³/mol. The fraction of sp³-hybridized carbons (Fsp3) is 0.435. The zero-order chi connectivity index (χ0) is 23.8. The van der Waals surface area contributed by atoms with Crippen molar-refractivity contribution in [3.63, 3.8) is 0 Å². The van der Waals surface area contributed by atoms with Gasteiger partial charge in [-0.05, 0) is 50.3 Å². The minimum atomic E-state index is -4.46. The minimum absolute atomic E-state index is 0.0527. The normalized spacial score (nSPS) is 16.2. The molecule has 6 nitrogen and oxygen atoms in total. The molecule has 0 spiro atoms. The van der Waals surface area contributed by atoms with Crippen molar-refractivity contribution >= 4 is 16.6 Å². The van der Waals surface area contributed by atoms with Crippen molar-refractivity contribution in [3.8, 4) is 0 Å². The average Bonchev–Trinajstić information content (AvgIpc) is 2.79. The molecule has 2 aromatic heterocycles. The number of ether oxygens (including phenoxy) is 1. The summed E-state index contributed by atoms with van der Waals surface area (Å²) >= 11 is 0. The zero-order valence-electron chi connectivity index (χ0n) is 18.2. The second-order valence-electron chi connectivity index (χ2n) is 8.37. The summed E-state index contributed by atoms with van der Waals surface area (Å²) in [6.45, 7) is 4.78. The van der Waals surface area contributed by atoms with Gasteiger partial charge in [0.15, 0.2) is 11.6 Å². The van der Waals surface area contributed by atoms with Crippen molar-refractivity contribution in [2.45, 2.75) is 45.5 Å². The summed E-state index contributed by atoms with van der Waals surface area (Å²) in [7, 11) is 0. The van der Waals surface area contributed by atoms with Gasteiger partial charge in [-0.3, -0.25) is 4.79 Å². The maximum Gasteiger partial charge on any atom is 0.416 e. The SMILES string of the molecule is Cc1nnc(N[C@H](C)c2cccc(C(F)(F)F)c2)c2cn(CC3CCOCC3)c(=O)c(F)c12. The van der Waals surface area contributed by atoms with E-state index >= 15 is 4.39 Å². The summed E-state index contributed by atoms with van der Waals surface area (Å²) in [6.07, 6.45) is -1.36. The van der Waals surface area contributed by atoms with Crippen LogP contribution >= 0.6 is 0 Å². The predicted octanol–water partition coefficient (Wildman–Crippen LogP) is 4.86. The number of benzene rings is 1. The van der Waals surface area contributed by atoms with E-state index < -0.39 is 29.2 Å². The molecule has 0 saturated carbocycles. The second kappa shape index (κ2) is 9.09. The molecular formula is C23H24F4N4O2. The largest absolute Gasteiger partial charge is 0.416 e. The van der Waals surface area contributed by atoms with Crippen molar-refractivity contribution < 1.29 is 22.3 Å². The van der Waals surface area contributed by atoms with Gasteiger partial charge >= 0.3 is 6.18 Å². The van der Waals surface area contributed by atoms with Crippen molar-refractivity contribution in [3.05, 3.63) is 63.5 Å². The summed E-state index contributed by atoms with van der Waals surface area (Å²) in [5.41, 5.74) is -0.849. The zero-order valence-corrected chi connectivity index (χ0v) is 18.2. The third kappa shape index (κ3) is 4.85. The number of fused-ring (bicyclic) bond motifs is 1. The van der Waals surface area contributed by atoms with Gasteiger partial charge in [0.2, 0.25) is 0 Å². The van der Waals surface area contributed by atoms with Crippen LogP contribution in [0.1, 0.15) is 42.6 Å². The van der Waals surface area contributed by atoms with Gasteiger partial charge in [-0.25, -0.2) is 4.39 Å². The third-order valence-electron chi connectivity index (χ3n) is 6.00. The first-order valence-electron chi connectivity index (χ1n) is 10.7. The van der Waals surface area contributed by atoms with Gasteiger partial charge in [-0.2, -0.15) is 18.3 Å². The number of anilines is 1. The fourth-order valence-electron chi connectivity index (χ4n) is 4.11. The highest BCUT2D eigenvalue weighted by Gasteiger charge is 2.31. The molecule has 4 rings (SSSR count). The van der Waals surface area contributed by atoms with Crippen molar-refractivity contribution in [1.29, 1.82) is 0 Å². The van der Waals surface area contributed by atoms with Crippen LogP contribution in [0.4, 0.5) is 23.4 Å². The second-order valence-corrected chi connectivity index (χ2v) is 8.37. The van der Waals surface area contributed by atoms with Crippen LogP contribution in [0, 0.1) is 18.7 Å². The van der Waals surface area contributed by atoms with E-state index in [1.165, 1.54) is 10.6 Å². The number of pyridine rings is 1. The van der Waals surface area contributed by atoms with Crippen LogP contribution in [-0.2, 0) is 17.5 Å². The molecule has 176 valence electrons. The number of nitrogens with zero attached hydrogens (tertiary/aromatic N) is 3. The number of rotatable bonds is 5. The first-order valence-corrected chi connectivity index (χ1v) is 10.7. The molecule has 0 bridgehead atoms. The molecule has 3 heterocycles. The van der Waals surface area contributed by atoms with Gasteiger partial charge in [-0.15, -0.1) is 5.10 Å². The molecule has 33 heavy (non-hydrogen) atoms. The molecule has 1 N–H and O–H groups in total. The van der Waals surface area contributed by atoms with Gasteiger partial charge in [0.05, 0.1) is 22.7 Å². The van der Waals surface area contributed by atoms with E-state index in [1.807, 2.05) is 0 Å². The van der Waals surface area contributed by atoms with E-state index in [4.69, 9.17) is 4.74 Å². The molecule has 1 aromatic carbocycles. The molecule has 0 aliphatic carbocycles. The van der Waals surface area contributed by atoms with Gasteiger partial charge in [0, 0.05) is 31.3 Å². The smallest absolute Gasteiger partial charge is 0.381 e. The Labute approximate surface area is 187 Å². The lowest BCUT2D eigenvalue weighted by Crippen LogP contribution is -2.29. The summed E-state index contributed by atoms with van der Waals surface area (Å²) < 4.78 is 61.1. The first kappa shape index (κ1) is 23.2. The summed E-state index contributed by atoms with van der Waals surface area (Å²) in [5, 5.41) is 11.5. The maximum atomic E-state index is 15.1. The molecule has 0 radical (unpaired) electrons. The van der Waals surface area contributed by atoms with Gasteiger partial charge in [0.1, 0.15) is 0 Å². The van der Waals surface area contributed by atoms with Crippen molar-refractivity contribution in [2.24, 2.45) is 5.92 Å². The van der Waals surface area contributed by atoms with Crippen LogP contribution in [0.2, 0.25) is 0 Å². The summed E-state index contributed by atoms with van der Waals surface area (Å²) in [6, 6.07) is 4.38. The van der Waals surface area contributed by atoms with E-state index in [9.17, 15) is 18.0 Å². The maximum absolute atomic E-state index is 15.1. The molecule has 1 saturated heterocycles. The highest BCUT2D eigenvalue weighted by Crippen LogP contribution is 2.32. The average molecular weight is 464 g/mol. The molecule has 3 aromatic rings. The minimum Gasteiger partial charge on any atom is -0.381 e. The lowest BCUT2D eigenvalue weighted by molar-refractivity contribution is -0.137. The fourth-order valence-corrected chi connectivity index (χ4v) is 4.11. The van der Waals surface area contributed by atoms with E-state index in [0.717, 1.165) is 25.0 Å². The number of alkyl halides is 3. The Morgan fingerprint density at radius 3 is 2.67 bits per heavy atom. The van der Waals surface area contributed by atoms with Crippen LogP contribution in [0.3, 0.4) is 0 Å². The molecular weight excluding hydrogens is 440 g/mol. The molecule has 0 unspecified atom stereocenters. The van der Waals surface area contributed by atoms with Crippen molar-refractivity contribution in [1.82, 2.24) is 14.8 Å². The van der Waals surface area contributed by atoms with Crippen molar-refractivity contribution in [2.75, 3.05) is 18.5 Å². The van der Waals surface area contributed by atoms with E-state index in [0.29, 0.717) is 30.7 Å². The van der Waals surface area contributed by atoms with Gasteiger partial charge in [-0.1, -0.05) is 12.1 Å². The third-order valence-corrected chi connectivity index (χ3v) is 6.00. The number of hydrogen-bond acceptors (Lipinski definition) is 5. The van der Waals surface area contributed by atoms with Gasteiger partial charge in [0.25, 0.3) is 5.56 Å². The quantitative estimate of drug-likeness (QED) is 0.547. The highest BCUT2D eigenvalue weighted by atomic mass is 19.4. The summed E-state index contributed by atoms with van der Waals surface area (Å²) in [4.78, 5) is 12.7. The van der Waals surface area contributed by atoms with Crippen LogP contribution in [0.15, 0.2) is 35.3 Å². The first-order chi connectivity index (χ1) is 15.6. The molecule has 10 heteroatoms. The van der Waals surface area contributed by atoms with E-state index in [-0.39, 0.29) is 22.8 Å². The number of hydrogen-bond donors (Lipinski definition) is 1.